The van der Waals surface area contributed by atoms with Gasteiger partial charge in [-0.2, -0.15) is 0 Å². The van der Waals surface area contributed by atoms with Crippen LogP contribution < -0.4 is 5.32 Å². The summed E-state index contributed by atoms with van der Waals surface area (Å²) in [5.41, 5.74) is 0.106. The molecule has 0 aromatic heterocycles. The summed E-state index contributed by atoms with van der Waals surface area (Å²) in [5.74, 6) is -1.77. The van der Waals surface area contributed by atoms with E-state index in [9.17, 15) is 14.4 Å². The molecule has 1 aromatic carbocycles. The van der Waals surface area contributed by atoms with Crippen molar-refractivity contribution in [1.29, 1.82) is 0 Å². The number of carbonyl (C=O) groups excluding carboxylic acids is 2. The smallest absolute Gasteiger partial charge is 0.408 e. The lowest BCUT2D eigenvalue weighted by Gasteiger charge is -2.21. The number of esters is 1. The monoisotopic (exact) mass is 381 g/mol. The first-order chi connectivity index (χ1) is 12.6. The highest BCUT2D eigenvalue weighted by Crippen LogP contribution is 2.09. The third kappa shape index (κ3) is 13.3. The molecule has 27 heavy (non-hydrogen) atoms. The van der Waals surface area contributed by atoms with E-state index in [1.54, 1.807) is 20.8 Å². The molecule has 0 fully saturated rings. The molecule has 0 spiro atoms. The van der Waals surface area contributed by atoms with Crippen molar-refractivity contribution in [1.82, 2.24) is 5.32 Å². The Bertz CT molecular complexity index is 580. The van der Waals surface area contributed by atoms with Crippen molar-refractivity contribution in [3.8, 4) is 0 Å². The van der Waals surface area contributed by atoms with Crippen molar-refractivity contribution in [2.75, 3.05) is 0 Å². The molecule has 2 N–H and O–H groups in total. The van der Waals surface area contributed by atoms with Crippen molar-refractivity contribution in [2.45, 2.75) is 72.1 Å². The topological polar surface area (TPSA) is 102 Å². The van der Waals surface area contributed by atoms with E-state index in [0.29, 0.717) is 0 Å². The summed E-state index contributed by atoms with van der Waals surface area (Å²) in [6.45, 7) is 9.38. The first-order valence-electron chi connectivity index (χ1n) is 9.00. The van der Waals surface area contributed by atoms with Gasteiger partial charge >= 0.3 is 18.0 Å². The van der Waals surface area contributed by atoms with Crippen molar-refractivity contribution in [3.63, 3.8) is 0 Å². The predicted molar refractivity (Wildman–Crippen MR) is 102 cm³/mol. The molecule has 0 radical (unpaired) electrons. The minimum Gasteiger partial charge on any atom is -0.480 e. The average molecular weight is 381 g/mol. The minimum atomic E-state index is -1.24. The van der Waals surface area contributed by atoms with Crippen molar-refractivity contribution in [2.24, 2.45) is 0 Å². The van der Waals surface area contributed by atoms with Crippen LogP contribution >= 0.6 is 0 Å². The normalized spacial score (nSPS) is 11.4. The van der Waals surface area contributed by atoms with Crippen molar-refractivity contribution < 1.29 is 29.0 Å². The summed E-state index contributed by atoms with van der Waals surface area (Å²) in [7, 11) is 0. The number of nitrogens with one attached hydrogen (secondary N) is 1. The maximum absolute atomic E-state index is 11.7. The van der Waals surface area contributed by atoms with E-state index >= 15 is 0 Å². The van der Waals surface area contributed by atoms with Crippen LogP contribution in [0.3, 0.4) is 0 Å². The molecule has 0 aliphatic rings. The number of rotatable bonds is 7. The Labute approximate surface area is 161 Å². The van der Waals surface area contributed by atoms with Gasteiger partial charge in [0.05, 0.1) is 0 Å². The van der Waals surface area contributed by atoms with E-state index in [1.807, 2.05) is 30.3 Å². The predicted octanol–water partition coefficient (Wildman–Crippen LogP) is 3.90. The number of carboxylic acid groups (broad SMARTS) is 1. The third-order valence-corrected chi connectivity index (χ3v) is 2.87. The molecule has 1 aromatic rings. The standard InChI is InChI=1S/C17H23NO6.C3H8/c1-17(2,3)24-16(22)18-13(15(20)21)9-10-14(19)23-11-12-7-5-4-6-8-12;1-3-2/h4-8,13H,9-11H2,1-3H3,(H,18,22)(H,20,21);3H2,1-2H3. The number of carboxylic acids is 1. The highest BCUT2D eigenvalue weighted by Gasteiger charge is 2.24. The van der Waals surface area contributed by atoms with Crippen LogP contribution in [0.25, 0.3) is 0 Å². The second-order valence-electron chi connectivity index (χ2n) is 6.93. The number of hydrogen-bond donors (Lipinski definition) is 2. The number of alkyl carbamates (subject to hydrolysis) is 1. The minimum absolute atomic E-state index is 0.0812. The molecule has 0 aliphatic carbocycles. The Kier molecular flexibility index (Phi) is 11.5. The summed E-state index contributed by atoms with van der Waals surface area (Å²) in [5, 5.41) is 11.4. The molecule has 0 saturated carbocycles. The number of amides is 1. The Morgan fingerprint density at radius 1 is 1.11 bits per heavy atom. The van der Waals surface area contributed by atoms with Gasteiger partial charge in [0, 0.05) is 6.42 Å². The molecular formula is C20H31NO6. The largest absolute Gasteiger partial charge is 0.480 e. The van der Waals surface area contributed by atoms with Crippen LogP contribution in [0.1, 0.15) is 59.4 Å². The van der Waals surface area contributed by atoms with E-state index < -0.39 is 29.7 Å². The van der Waals surface area contributed by atoms with Crippen LogP contribution in [-0.4, -0.2) is 34.8 Å². The average Bonchev–Trinajstić information content (AvgIpc) is 2.56. The lowest BCUT2D eigenvalue weighted by Crippen LogP contribution is -2.43. The van der Waals surface area contributed by atoms with E-state index in [2.05, 4.69) is 19.2 Å². The van der Waals surface area contributed by atoms with Gasteiger partial charge in [-0.25, -0.2) is 9.59 Å². The zero-order valence-electron chi connectivity index (χ0n) is 16.8. The zero-order chi connectivity index (χ0) is 20.9. The number of carbonyl (C=O) groups is 3. The Balaban J connectivity index is 0.00000210. The summed E-state index contributed by atoms with van der Waals surface area (Å²) in [6, 6.07) is 7.92. The molecule has 0 aliphatic heterocycles. The van der Waals surface area contributed by atoms with Crippen LogP contribution in [0.15, 0.2) is 30.3 Å². The molecule has 1 atom stereocenters. The fraction of sp³-hybridized carbons (Fsp3) is 0.550. The van der Waals surface area contributed by atoms with Crippen molar-refractivity contribution >= 4 is 18.0 Å². The second-order valence-corrected chi connectivity index (χ2v) is 6.93. The van der Waals surface area contributed by atoms with Gasteiger partial charge in [-0.05, 0) is 32.8 Å². The number of hydrogen-bond acceptors (Lipinski definition) is 5. The molecule has 0 bridgehead atoms. The number of ether oxygens (including phenoxy) is 2. The Morgan fingerprint density at radius 3 is 2.15 bits per heavy atom. The molecule has 7 heteroatoms. The fourth-order valence-electron chi connectivity index (χ4n) is 1.78. The highest BCUT2D eigenvalue weighted by molar-refractivity contribution is 5.80. The van der Waals surface area contributed by atoms with E-state index in [1.165, 1.54) is 6.42 Å². The SMILES string of the molecule is CC(C)(C)OC(=O)NC(CCC(=O)OCc1ccccc1)C(=O)O.CCC. The molecular weight excluding hydrogens is 350 g/mol. The van der Waals surface area contributed by atoms with Gasteiger partial charge in [-0.1, -0.05) is 50.6 Å². The molecule has 152 valence electrons. The Hall–Kier alpha value is -2.57. The molecule has 1 rings (SSSR count). The van der Waals surface area contributed by atoms with Gasteiger partial charge in [0.25, 0.3) is 0 Å². The second kappa shape index (κ2) is 12.7. The lowest BCUT2D eigenvalue weighted by molar-refractivity contribution is -0.145. The van der Waals surface area contributed by atoms with Gasteiger partial charge < -0.3 is 19.9 Å². The van der Waals surface area contributed by atoms with Crippen LogP contribution in [-0.2, 0) is 25.7 Å². The molecule has 1 amide bonds. The van der Waals surface area contributed by atoms with Gasteiger partial charge in [0.2, 0.25) is 0 Å². The Morgan fingerprint density at radius 2 is 1.67 bits per heavy atom. The van der Waals surface area contributed by atoms with Gasteiger partial charge in [0.1, 0.15) is 18.2 Å². The molecule has 0 heterocycles. The summed E-state index contributed by atoms with van der Waals surface area (Å²) >= 11 is 0. The first kappa shape index (κ1) is 24.4. The maximum atomic E-state index is 11.7. The number of benzene rings is 1. The van der Waals surface area contributed by atoms with Gasteiger partial charge in [-0.15, -0.1) is 0 Å². The van der Waals surface area contributed by atoms with Crippen LogP contribution in [0, 0.1) is 0 Å². The van der Waals surface area contributed by atoms with E-state index in [-0.39, 0.29) is 19.4 Å². The number of aliphatic carboxylic acids is 1. The van der Waals surface area contributed by atoms with Crippen LogP contribution in [0.4, 0.5) is 4.79 Å². The van der Waals surface area contributed by atoms with E-state index in [4.69, 9.17) is 14.6 Å². The summed E-state index contributed by atoms with van der Waals surface area (Å²) in [4.78, 5) is 34.5. The van der Waals surface area contributed by atoms with Gasteiger partial charge in [0.15, 0.2) is 0 Å². The van der Waals surface area contributed by atoms with Crippen molar-refractivity contribution in [3.05, 3.63) is 35.9 Å². The highest BCUT2D eigenvalue weighted by atomic mass is 16.6. The first-order valence-corrected chi connectivity index (χ1v) is 9.00. The lowest BCUT2D eigenvalue weighted by atomic mass is 10.1. The quantitative estimate of drug-likeness (QED) is 0.695. The zero-order valence-corrected chi connectivity index (χ0v) is 16.8. The molecule has 0 saturated heterocycles. The van der Waals surface area contributed by atoms with Crippen LogP contribution in [0.5, 0.6) is 0 Å². The molecule has 7 nitrogen and oxygen atoms in total. The third-order valence-electron chi connectivity index (χ3n) is 2.87. The van der Waals surface area contributed by atoms with Gasteiger partial charge in [-0.3, -0.25) is 4.79 Å². The summed E-state index contributed by atoms with van der Waals surface area (Å²) in [6.07, 6.45) is 0.203. The van der Waals surface area contributed by atoms with Crippen LogP contribution in [0.2, 0.25) is 0 Å². The fourth-order valence-corrected chi connectivity index (χ4v) is 1.78. The maximum Gasteiger partial charge on any atom is 0.408 e. The molecule has 1 unspecified atom stereocenters. The van der Waals surface area contributed by atoms with E-state index in [0.717, 1.165) is 5.56 Å². The summed E-state index contributed by atoms with van der Waals surface area (Å²) < 4.78 is 10.1.